The molecule has 1 unspecified atom stereocenters. The molecule has 11 heavy (non-hydrogen) atoms. The minimum Gasteiger partial charge on any atom is -0.370 e. The number of primary amides is 1. The monoisotopic (exact) mass is 269 g/mol. The van der Waals surface area contributed by atoms with Gasteiger partial charge in [0.05, 0.1) is 0 Å². The lowest BCUT2D eigenvalue weighted by Gasteiger charge is -2.17. The van der Waals surface area contributed by atoms with Gasteiger partial charge < -0.3 is 5.73 Å². The molecule has 0 aliphatic heterocycles. The maximum atomic E-state index is 10.6. The SMILES string of the molecule is CC(C)C(CCI)CC(N)=O. The van der Waals surface area contributed by atoms with Gasteiger partial charge in [-0.3, -0.25) is 4.79 Å². The number of hydrogen-bond donors (Lipinski definition) is 1. The first-order chi connectivity index (χ1) is 5.07. The van der Waals surface area contributed by atoms with Gasteiger partial charge in [-0.1, -0.05) is 36.4 Å². The topological polar surface area (TPSA) is 43.1 Å². The number of alkyl halides is 1. The van der Waals surface area contributed by atoms with E-state index < -0.39 is 0 Å². The molecule has 1 amide bonds. The number of carbonyl (C=O) groups excluding carboxylic acids is 1. The van der Waals surface area contributed by atoms with Gasteiger partial charge in [-0.25, -0.2) is 0 Å². The Morgan fingerprint density at radius 1 is 1.55 bits per heavy atom. The number of amides is 1. The molecule has 0 aromatic carbocycles. The van der Waals surface area contributed by atoms with Crippen molar-refractivity contribution in [1.82, 2.24) is 0 Å². The molecule has 0 rings (SSSR count). The summed E-state index contributed by atoms with van der Waals surface area (Å²) >= 11 is 2.33. The molecule has 0 heterocycles. The summed E-state index contributed by atoms with van der Waals surface area (Å²) in [6, 6.07) is 0. The van der Waals surface area contributed by atoms with E-state index in [-0.39, 0.29) is 5.91 Å². The molecule has 0 saturated heterocycles. The normalized spacial score (nSPS) is 13.5. The second kappa shape index (κ2) is 5.80. The Labute approximate surface area is 82.1 Å². The molecular weight excluding hydrogens is 253 g/mol. The van der Waals surface area contributed by atoms with Crippen molar-refractivity contribution in [2.75, 3.05) is 4.43 Å². The summed E-state index contributed by atoms with van der Waals surface area (Å²) < 4.78 is 1.11. The van der Waals surface area contributed by atoms with E-state index in [4.69, 9.17) is 5.73 Å². The van der Waals surface area contributed by atoms with Crippen molar-refractivity contribution in [1.29, 1.82) is 0 Å². The molecule has 0 aliphatic carbocycles. The number of hydrogen-bond acceptors (Lipinski definition) is 1. The molecule has 0 aromatic heterocycles. The van der Waals surface area contributed by atoms with Crippen LogP contribution in [-0.4, -0.2) is 10.3 Å². The highest BCUT2D eigenvalue weighted by Crippen LogP contribution is 2.19. The standard InChI is InChI=1S/C8H16INO/c1-6(2)7(3-4-9)5-8(10)11/h6-7H,3-5H2,1-2H3,(H2,10,11). The fourth-order valence-electron chi connectivity index (χ4n) is 1.07. The van der Waals surface area contributed by atoms with Crippen LogP contribution in [0, 0.1) is 11.8 Å². The molecule has 0 saturated carbocycles. The second-order valence-corrected chi connectivity index (χ2v) is 4.23. The molecule has 1 atom stereocenters. The van der Waals surface area contributed by atoms with Crippen LogP contribution in [0.25, 0.3) is 0 Å². The Morgan fingerprint density at radius 3 is 2.36 bits per heavy atom. The van der Waals surface area contributed by atoms with E-state index in [0.29, 0.717) is 18.3 Å². The van der Waals surface area contributed by atoms with Gasteiger partial charge in [0.2, 0.25) is 5.91 Å². The third-order valence-electron chi connectivity index (χ3n) is 1.89. The van der Waals surface area contributed by atoms with Gasteiger partial charge in [-0.05, 0) is 22.7 Å². The van der Waals surface area contributed by atoms with Crippen LogP contribution in [0.2, 0.25) is 0 Å². The molecule has 2 N–H and O–H groups in total. The zero-order valence-electron chi connectivity index (χ0n) is 7.14. The maximum Gasteiger partial charge on any atom is 0.217 e. The van der Waals surface area contributed by atoms with Crippen molar-refractivity contribution >= 4 is 28.5 Å². The predicted octanol–water partition coefficient (Wildman–Crippen LogP) is 1.96. The minimum absolute atomic E-state index is 0.173. The van der Waals surface area contributed by atoms with E-state index in [0.717, 1.165) is 10.8 Å². The Balaban J connectivity index is 3.79. The van der Waals surface area contributed by atoms with Crippen LogP contribution < -0.4 is 5.73 Å². The summed E-state index contributed by atoms with van der Waals surface area (Å²) in [6.07, 6.45) is 1.64. The van der Waals surface area contributed by atoms with Crippen molar-refractivity contribution in [2.24, 2.45) is 17.6 Å². The molecule has 2 nitrogen and oxygen atoms in total. The molecule has 66 valence electrons. The number of nitrogens with two attached hydrogens (primary N) is 1. The summed E-state index contributed by atoms with van der Waals surface area (Å²) in [5.74, 6) is 0.871. The molecule has 0 spiro atoms. The van der Waals surface area contributed by atoms with Crippen molar-refractivity contribution < 1.29 is 4.79 Å². The van der Waals surface area contributed by atoms with E-state index in [1.165, 1.54) is 0 Å². The van der Waals surface area contributed by atoms with Gasteiger partial charge in [0.25, 0.3) is 0 Å². The highest BCUT2D eigenvalue weighted by Gasteiger charge is 2.14. The van der Waals surface area contributed by atoms with Crippen LogP contribution >= 0.6 is 22.6 Å². The quantitative estimate of drug-likeness (QED) is 0.601. The number of rotatable bonds is 5. The van der Waals surface area contributed by atoms with Crippen molar-refractivity contribution in [2.45, 2.75) is 26.7 Å². The van der Waals surface area contributed by atoms with E-state index in [9.17, 15) is 4.79 Å². The van der Waals surface area contributed by atoms with Crippen LogP contribution in [0.1, 0.15) is 26.7 Å². The fraction of sp³-hybridized carbons (Fsp3) is 0.875. The molecule has 0 aliphatic rings. The molecule has 0 fully saturated rings. The van der Waals surface area contributed by atoms with Gasteiger partial charge >= 0.3 is 0 Å². The van der Waals surface area contributed by atoms with E-state index >= 15 is 0 Å². The van der Waals surface area contributed by atoms with E-state index in [1.54, 1.807) is 0 Å². The lowest BCUT2D eigenvalue weighted by atomic mass is 9.90. The molecule has 0 aromatic rings. The summed E-state index contributed by atoms with van der Waals surface area (Å²) in [7, 11) is 0. The Kier molecular flexibility index (Phi) is 5.91. The Morgan fingerprint density at radius 2 is 2.09 bits per heavy atom. The molecule has 0 radical (unpaired) electrons. The smallest absolute Gasteiger partial charge is 0.217 e. The van der Waals surface area contributed by atoms with Crippen LogP contribution in [0.15, 0.2) is 0 Å². The largest absolute Gasteiger partial charge is 0.370 e. The Bertz CT molecular complexity index is 125. The molecule has 0 bridgehead atoms. The molecule has 3 heteroatoms. The maximum absolute atomic E-state index is 10.6. The van der Waals surface area contributed by atoms with Crippen molar-refractivity contribution in [3.8, 4) is 0 Å². The summed E-state index contributed by atoms with van der Waals surface area (Å²) in [6.45, 7) is 4.28. The lowest BCUT2D eigenvalue weighted by molar-refractivity contribution is -0.119. The number of halogens is 1. The third-order valence-corrected chi connectivity index (χ3v) is 2.51. The van der Waals surface area contributed by atoms with Crippen LogP contribution in [0.5, 0.6) is 0 Å². The Hall–Kier alpha value is 0.200. The third kappa shape index (κ3) is 5.47. The second-order valence-electron chi connectivity index (χ2n) is 3.15. The highest BCUT2D eigenvalue weighted by atomic mass is 127. The summed E-state index contributed by atoms with van der Waals surface area (Å²) in [5, 5.41) is 0. The van der Waals surface area contributed by atoms with Gasteiger partial charge in [0.15, 0.2) is 0 Å². The summed E-state index contributed by atoms with van der Waals surface area (Å²) in [4.78, 5) is 10.6. The van der Waals surface area contributed by atoms with Crippen molar-refractivity contribution in [3.63, 3.8) is 0 Å². The first-order valence-corrected chi connectivity index (χ1v) is 5.44. The van der Waals surface area contributed by atoms with Gasteiger partial charge in [0, 0.05) is 6.42 Å². The van der Waals surface area contributed by atoms with E-state index in [2.05, 4.69) is 36.4 Å². The minimum atomic E-state index is -0.173. The average molecular weight is 269 g/mol. The average Bonchev–Trinajstić information content (AvgIpc) is 1.86. The summed E-state index contributed by atoms with van der Waals surface area (Å²) in [5.41, 5.74) is 5.12. The van der Waals surface area contributed by atoms with Crippen LogP contribution in [0.4, 0.5) is 0 Å². The van der Waals surface area contributed by atoms with Gasteiger partial charge in [0.1, 0.15) is 0 Å². The van der Waals surface area contributed by atoms with E-state index in [1.807, 2.05) is 0 Å². The van der Waals surface area contributed by atoms with Crippen LogP contribution in [0.3, 0.4) is 0 Å². The number of carbonyl (C=O) groups is 1. The molecular formula is C8H16INO. The van der Waals surface area contributed by atoms with Gasteiger partial charge in [-0.15, -0.1) is 0 Å². The van der Waals surface area contributed by atoms with Crippen molar-refractivity contribution in [3.05, 3.63) is 0 Å². The van der Waals surface area contributed by atoms with Crippen LogP contribution in [-0.2, 0) is 4.79 Å². The zero-order valence-corrected chi connectivity index (χ0v) is 9.30. The first-order valence-electron chi connectivity index (χ1n) is 3.92. The first kappa shape index (κ1) is 11.2. The lowest BCUT2D eigenvalue weighted by Crippen LogP contribution is -2.20. The van der Waals surface area contributed by atoms with Gasteiger partial charge in [-0.2, -0.15) is 0 Å². The predicted molar refractivity (Wildman–Crippen MR) is 55.6 cm³/mol. The fourth-order valence-corrected chi connectivity index (χ4v) is 1.87. The zero-order chi connectivity index (χ0) is 8.85. The highest BCUT2D eigenvalue weighted by molar-refractivity contribution is 14.1.